The molecule has 0 spiro atoms. The SMILES string of the molecule is CCCNC(=O)n1nc(-c2ccc(NC(=O)c3ccno3)cc2O)cc1C1CCCC1. The second-order valence-electron chi connectivity index (χ2n) is 7.64. The molecule has 3 N–H and O–H groups in total. The van der Waals surface area contributed by atoms with Gasteiger partial charge >= 0.3 is 6.03 Å². The Morgan fingerprint density at radius 2 is 2.03 bits per heavy atom. The third-order valence-electron chi connectivity index (χ3n) is 5.42. The third-order valence-corrected chi connectivity index (χ3v) is 5.42. The predicted molar refractivity (Wildman–Crippen MR) is 114 cm³/mol. The molecule has 0 radical (unpaired) electrons. The maximum Gasteiger partial charge on any atom is 0.342 e. The van der Waals surface area contributed by atoms with Gasteiger partial charge in [0.2, 0.25) is 5.76 Å². The lowest BCUT2D eigenvalue weighted by Crippen LogP contribution is -2.31. The number of nitrogens with zero attached hydrogens (tertiary/aromatic N) is 3. The number of anilines is 1. The molecule has 2 heterocycles. The molecular formula is C22H25N5O4. The number of phenolic OH excluding ortho intramolecular Hbond substituents is 1. The summed E-state index contributed by atoms with van der Waals surface area (Å²) >= 11 is 0. The van der Waals surface area contributed by atoms with Crippen LogP contribution in [0.2, 0.25) is 0 Å². The molecule has 162 valence electrons. The number of amides is 2. The van der Waals surface area contributed by atoms with Gasteiger partial charge in [-0.15, -0.1) is 0 Å². The highest BCUT2D eigenvalue weighted by atomic mass is 16.5. The fourth-order valence-corrected chi connectivity index (χ4v) is 3.86. The topological polar surface area (TPSA) is 122 Å². The van der Waals surface area contributed by atoms with Crippen LogP contribution < -0.4 is 10.6 Å². The van der Waals surface area contributed by atoms with E-state index in [1.165, 1.54) is 23.0 Å². The van der Waals surface area contributed by atoms with Crippen LogP contribution >= 0.6 is 0 Å². The van der Waals surface area contributed by atoms with E-state index >= 15 is 0 Å². The lowest BCUT2D eigenvalue weighted by atomic mass is 10.0. The van der Waals surface area contributed by atoms with Gasteiger partial charge in [-0.2, -0.15) is 9.78 Å². The fourth-order valence-electron chi connectivity index (χ4n) is 3.86. The molecule has 2 aromatic heterocycles. The summed E-state index contributed by atoms with van der Waals surface area (Å²) in [6.45, 7) is 2.57. The Labute approximate surface area is 179 Å². The summed E-state index contributed by atoms with van der Waals surface area (Å²) in [6, 6.07) is 7.84. The van der Waals surface area contributed by atoms with E-state index in [4.69, 9.17) is 4.52 Å². The van der Waals surface area contributed by atoms with E-state index in [0.717, 1.165) is 37.8 Å². The molecule has 0 saturated heterocycles. The Balaban J connectivity index is 1.61. The van der Waals surface area contributed by atoms with Gasteiger partial charge in [-0.3, -0.25) is 4.79 Å². The Morgan fingerprint density at radius 1 is 1.23 bits per heavy atom. The van der Waals surface area contributed by atoms with Crippen molar-refractivity contribution in [2.45, 2.75) is 44.9 Å². The number of benzene rings is 1. The van der Waals surface area contributed by atoms with Crippen molar-refractivity contribution in [3.8, 4) is 17.0 Å². The third kappa shape index (κ3) is 4.45. The molecule has 1 saturated carbocycles. The van der Waals surface area contributed by atoms with Crippen molar-refractivity contribution in [1.82, 2.24) is 20.3 Å². The second kappa shape index (κ2) is 9.03. The number of carbonyl (C=O) groups is 2. The van der Waals surface area contributed by atoms with Crippen LogP contribution in [0.4, 0.5) is 10.5 Å². The summed E-state index contributed by atoms with van der Waals surface area (Å²) < 4.78 is 6.26. The van der Waals surface area contributed by atoms with Gasteiger partial charge < -0.3 is 20.3 Å². The van der Waals surface area contributed by atoms with Crippen LogP contribution in [-0.4, -0.2) is 38.5 Å². The second-order valence-corrected chi connectivity index (χ2v) is 7.64. The van der Waals surface area contributed by atoms with Crippen molar-refractivity contribution >= 4 is 17.6 Å². The highest BCUT2D eigenvalue weighted by Crippen LogP contribution is 2.37. The zero-order chi connectivity index (χ0) is 21.8. The van der Waals surface area contributed by atoms with Gasteiger partial charge in [-0.05, 0) is 37.5 Å². The number of carbonyl (C=O) groups excluding carboxylic acids is 2. The molecular weight excluding hydrogens is 398 g/mol. The lowest BCUT2D eigenvalue weighted by Gasteiger charge is -2.11. The van der Waals surface area contributed by atoms with Gasteiger partial charge in [-0.1, -0.05) is 24.9 Å². The molecule has 1 aliphatic rings. The predicted octanol–water partition coefficient (Wildman–Crippen LogP) is 4.12. The summed E-state index contributed by atoms with van der Waals surface area (Å²) in [5, 5.41) is 24.1. The van der Waals surface area contributed by atoms with Crippen molar-refractivity contribution < 1.29 is 19.2 Å². The van der Waals surface area contributed by atoms with Gasteiger partial charge in [0.1, 0.15) is 5.75 Å². The molecule has 9 nitrogen and oxygen atoms in total. The van der Waals surface area contributed by atoms with Crippen molar-refractivity contribution in [2.24, 2.45) is 0 Å². The first-order chi connectivity index (χ1) is 15.1. The average Bonchev–Trinajstić information content (AvgIpc) is 3.53. The molecule has 1 aliphatic carbocycles. The first kappa shape index (κ1) is 20.6. The Bertz CT molecular complexity index is 1070. The highest BCUT2D eigenvalue weighted by molar-refractivity contribution is 6.02. The van der Waals surface area contributed by atoms with E-state index in [1.807, 2.05) is 13.0 Å². The molecule has 1 fully saturated rings. The number of hydrogen-bond acceptors (Lipinski definition) is 6. The number of rotatable bonds is 6. The molecule has 0 atom stereocenters. The molecule has 1 aromatic carbocycles. The summed E-state index contributed by atoms with van der Waals surface area (Å²) in [6.07, 6.45) is 6.51. The van der Waals surface area contributed by atoms with Crippen molar-refractivity contribution in [1.29, 1.82) is 0 Å². The largest absolute Gasteiger partial charge is 0.507 e. The zero-order valence-corrected chi connectivity index (χ0v) is 17.3. The van der Waals surface area contributed by atoms with Crippen LogP contribution in [-0.2, 0) is 0 Å². The summed E-state index contributed by atoms with van der Waals surface area (Å²) in [5.41, 5.74) is 2.26. The van der Waals surface area contributed by atoms with Gasteiger partial charge in [0.25, 0.3) is 5.91 Å². The van der Waals surface area contributed by atoms with Crippen LogP contribution in [0.25, 0.3) is 11.3 Å². The highest BCUT2D eigenvalue weighted by Gasteiger charge is 2.26. The normalized spacial score (nSPS) is 14.0. The van der Waals surface area contributed by atoms with Gasteiger partial charge in [0.05, 0.1) is 17.6 Å². The zero-order valence-electron chi connectivity index (χ0n) is 17.3. The monoisotopic (exact) mass is 423 g/mol. The van der Waals surface area contributed by atoms with Gasteiger partial charge in [0, 0.05) is 35.8 Å². The summed E-state index contributed by atoms with van der Waals surface area (Å²) in [7, 11) is 0. The standard InChI is InChI=1S/C22H25N5O4/c1-2-10-23-22(30)27-18(14-5-3-4-6-14)13-17(26-27)16-8-7-15(12-19(16)28)25-21(29)20-9-11-24-31-20/h7-9,11-14,28H,2-6,10H2,1H3,(H,23,30)(H,25,29). The molecule has 4 rings (SSSR count). The first-order valence-corrected chi connectivity index (χ1v) is 10.5. The van der Waals surface area contributed by atoms with Crippen LogP contribution in [0.1, 0.15) is 61.2 Å². The molecule has 3 aromatic rings. The minimum atomic E-state index is -0.468. The first-order valence-electron chi connectivity index (χ1n) is 10.5. The number of aromatic hydroxyl groups is 1. The van der Waals surface area contributed by atoms with Crippen LogP contribution in [0.5, 0.6) is 5.75 Å². The fraction of sp³-hybridized carbons (Fsp3) is 0.364. The van der Waals surface area contributed by atoms with E-state index in [9.17, 15) is 14.7 Å². The number of hydrogen-bond donors (Lipinski definition) is 3. The van der Waals surface area contributed by atoms with Gasteiger partial charge in [0.15, 0.2) is 0 Å². The maximum atomic E-state index is 12.7. The molecule has 0 aliphatic heterocycles. The molecule has 0 unspecified atom stereocenters. The minimum absolute atomic E-state index is 0.0491. The van der Waals surface area contributed by atoms with E-state index in [1.54, 1.807) is 12.1 Å². The van der Waals surface area contributed by atoms with E-state index in [2.05, 4.69) is 20.9 Å². The summed E-state index contributed by atoms with van der Waals surface area (Å²) in [5.74, 6) is -0.171. The van der Waals surface area contributed by atoms with Crippen molar-refractivity contribution in [2.75, 3.05) is 11.9 Å². The van der Waals surface area contributed by atoms with Crippen LogP contribution in [0.15, 0.2) is 41.1 Å². The minimum Gasteiger partial charge on any atom is -0.507 e. The maximum absolute atomic E-state index is 12.7. The number of phenols is 1. The molecule has 0 bridgehead atoms. The number of nitrogens with one attached hydrogen (secondary N) is 2. The van der Waals surface area contributed by atoms with E-state index in [0.29, 0.717) is 23.5 Å². The Morgan fingerprint density at radius 3 is 2.71 bits per heavy atom. The molecule has 2 amide bonds. The van der Waals surface area contributed by atoms with E-state index in [-0.39, 0.29) is 23.5 Å². The molecule has 31 heavy (non-hydrogen) atoms. The average molecular weight is 423 g/mol. The lowest BCUT2D eigenvalue weighted by molar-refractivity contribution is 0.0988. The number of aromatic nitrogens is 3. The quantitative estimate of drug-likeness (QED) is 0.548. The van der Waals surface area contributed by atoms with Crippen LogP contribution in [0, 0.1) is 0 Å². The Kier molecular flexibility index (Phi) is 6.01. The molecule has 9 heteroatoms. The smallest absolute Gasteiger partial charge is 0.342 e. The van der Waals surface area contributed by atoms with Gasteiger partial charge in [-0.25, -0.2) is 4.79 Å². The van der Waals surface area contributed by atoms with Crippen molar-refractivity contribution in [3.63, 3.8) is 0 Å². The van der Waals surface area contributed by atoms with Crippen LogP contribution in [0.3, 0.4) is 0 Å². The van der Waals surface area contributed by atoms with Crippen molar-refractivity contribution in [3.05, 3.63) is 48.0 Å². The van der Waals surface area contributed by atoms with E-state index < -0.39 is 5.91 Å². The summed E-state index contributed by atoms with van der Waals surface area (Å²) in [4.78, 5) is 24.8. The Hall–Kier alpha value is -3.62.